The summed E-state index contributed by atoms with van der Waals surface area (Å²) in [4.78, 5) is 15.9. The quantitative estimate of drug-likeness (QED) is 0.524. The fourth-order valence-corrected chi connectivity index (χ4v) is 2.58. The number of hydrogen-bond acceptors (Lipinski definition) is 5. The molecule has 7 heteroatoms. The number of amidine groups is 1. The second-order valence-corrected chi connectivity index (χ2v) is 6.85. The van der Waals surface area contributed by atoms with E-state index in [9.17, 15) is 13.2 Å². The van der Waals surface area contributed by atoms with Crippen molar-refractivity contribution in [1.29, 1.82) is 0 Å². The average molecular weight is 332 g/mol. The van der Waals surface area contributed by atoms with E-state index in [-0.39, 0.29) is 10.7 Å². The first-order chi connectivity index (χ1) is 10.8. The van der Waals surface area contributed by atoms with Crippen LogP contribution in [-0.4, -0.2) is 33.6 Å². The molecule has 0 aliphatic heterocycles. The fourth-order valence-electron chi connectivity index (χ4n) is 1.91. The number of methoxy groups -OCH3 is 1. The molecule has 0 saturated heterocycles. The topological polar surface area (TPSA) is 98.8 Å². The summed E-state index contributed by atoms with van der Waals surface area (Å²) in [7, 11) is -2.03. The Balaban J connectivity index is 2.39. The van der Waals surface area contributed by atoms with Crippen LogP contribution in [0.4, 0.5) is 5.69 Å². The van der Waals surface area contributed by atoms with Crippen LogP contribution in [-0.2, 0) is 14.6 Å². The van der Waals surface area contributed by atoms with Gasteiger partial charge in [-0.15, -0.1) is 0 Å². The lowest BCUT2D eigenvalue weighted by Crippen LogP contribution is -2.13. The Morgan fingerprint density at radius 2 is 1.74 bits per heavy atom. The van der Waals surface area contributed by atoms with E-state index in [4.69, 9.17) is 5.73 Å². The van der Waals surface area contributed by atoms with Gasteiger partial charge in [-0.25, -0.2) is 18.2 Å². The van der Waals surface area contributed by atoms with E-state index in [0.29, 0.717) is 16.8 Å². The Morgan fingerprint density at radius 1 is 1.09 bits per heavy atom. The molecule has 0 aromatic heterocycles. The molecule has 23 heavy (non-hydrogen) atoms. The number of ether oxygens (including phenoxy) is 1. The van der Waals surface area contributed by atoms with Crippen molar-refractivity contribution in [2.45, 2.75) is 4.90 Å². The van der Waals surface area contributed by atoms with Crippen LogP contribution in [0.3, 0.4) is 0 Å². The standard InChI is InChI=1S/C16H16N2O4S/c1-22-16(19)12-6-3-7-13(9-12)18-15(17)11-5-4-8-14(10-11)23(2,20)21/h3-10H,1-2H3,(H2,17,18). The maximum Gasteiger partial charge on any atom is 0.337 e. The lowest BCUT2D eigenvalue weighted by atomic mass is 10.2. The Kier molecular flexibility index (Phi) is 4.80. The van der Waals surface area contributed by atoms with Crippen LogP contribution in [0.2, 0.25) is 0 Å². The van der Waals surface area contributed by atoms with E-state index in [1.165, 1.54) is 19.2 Å². The molecule has 0 saturated carbocycles. The summed E-state index contributed by atoms with van der Waals surface area (Å²) in [5.41, 5.74) is 7.24. The highest BCUT2D eigenvalue weighted by molar-refractivity contribution is 7.90. The zero-order valence-corrected chi connectivity index (χ0v) is 13.5. The number of hydrogen-bond donors (Lipinski definition) is 1. The Morgan fingerprint density at radius 3 is 2.39 bits per heavy atom. The molecule has 120 valence electrons. The number of sulfone groups is 1. The number of nitrogens with two attached hydrogens (primary N) is 1. The molecule has 2 N–H and O–H groups in total. The minimum Gasteiger partial charge on any atom is -0.465 e. The number of carbonyl (C=O) groups excluding carboxylic acids is 1. The van der Waals surface area contributed by atoms with Gasteiger partial charge in [0.2, 0.25) is 0 Å². The second-order valence-electron chi connectivity index (χ2n) is 4.84. The van der Waals surface area contributed by atoms with Gasteiger partial charge in [0.15, 0.2) is 9.84 Å². The molecule has 0 aliphatic rings. The number of aliphatic imine (C=N–C) groups is 1. The zero-order chi connectivity index (χ0) is 17.0. The molecular weight excluding hydrogens is 316 g/mol. The summed E-state index contributed by atoms with van der Waals surface area (Å²) in [6.45, 7) is 0. The molecule has 0 heterocycles. The summed E-state index contributed by atoms with van der Waals surface area (Å²) >= 11 is 0. The van der Waals surface area contributed by atoms with E-state index in [1.807, 2.05) is 0 Å². The predicted octanol–water partition coefficient (Wildman–Crippen LogP) is 1.91. The summed E-state index contributed by atoms with van der Waals surface area (Å²) in [5, 5.41) is 0. The third kappa shape index (κ3) is 4.17. The van der Waals surface area contributed by atoms with Gasteiger partial charge in [-0.2, -0.15) is 0 Å². The monoisotopic (exact) mass is 332 g/mol. The number of rotatable bonds is 4. The van der Waals surface area contributed by atoms with Gasteiger partial charge < -0.3 is 10.5 Å². The SMILES string of the molecule is COC(=O)c1cccc(N=C(N)c2cccc(S(C)(=O)=O)c2)c1. The van der Waals surface area contributed by atoms with E-state index in [1.54, 1.807) is 36.4 Å². The molecule has 0 aliphatic carbocycles. The summed E-state index contributed by atoms with van der Waals surface area (Å²) in [6.07, 6.45) is 1.12. The lowest BCUT2D eigenvalue weighted by molar-refractivity contribution is 0.0600. The molecule has 6 nitrogen and oxygen atoms in total. The molecular formula is C16H16N2O4S. The minimum absolute atomic E-state index is 0.150. The van der Waals surface area contributed by atoms with Crippen molar-refractivity contribution in [1.82, 2.24) is 0 Å². The van der Waals surface area contributed by atoms with E-state index < -0.39 is 15.8 Å². The van der Waals surface area contributed by atoms with Gasteiger partial charge in [-0.1, -0.05) is 18.2 Å². The largest absolute Gasteiger partial charge is 0.465 e. The van der Waals surface area contributed by atoms with Crippen molar-refractivity contribution in [3.05, 3.63) is 59.7 Å². The fraction of sp³-hybridized carbons (Fsp3) is 0.125. The maximum absolute atomic E-state index is 11.6. The zero-order valence-electron chi connectivity index (χ0n) is 12.7. The number of esters is 1. The van der Waals surface area contributed by atoms with Crippen molar-refractivity contribution in [2.75, 3.05) is 13.4 Å². The third-order valence-corrected chi connectivity index (χ3v) is 4.18. The number of nitrogens with zero attached hydrogens (tertiary/aromatic N) is 1. The van der Waals surface area contributed by atoms with Crippen LogP contribution in [0.25, 0.3) is 0 Å². The van der Waals surface area contributed by atoms with E-state index >= 15 is 0 Å². The van der Waals surface area contributed by atoms with Crippen LogP contribution in [0, 0.1) is 0 Å². The van der Waals surface area contributed by atoms with E-state index in [0.717, 1.165) is 6.26 Å². The Labute approximate surface area is 134 Å². The van der Waals surface area contributed by atoms with Crippen LogP contribution in [0.5, 0.6) is 0 Å². The number of carbonyl (C=O) groups is 1. The molecule has 0 unspecified atom stereocenters. The van der Waals surface area contributed by atoms with Crippen LogP contribution in [0.15, 0.2) is 58.4 Å². The summed E-state index contributed by atoms with van der Waals surface area (Å²) < 4.78 is 27.8. The van der Waals surface area contributed by atoms with Gasteiger partial charge in [-0.3, -0.25) is 0 Å². The molecule has 2 aromatic carbocycles. The Hall–Kier alpha value is -2.67. The van der Waals surface area contributed by atoms with Gasteiger partial charge in [0.25, 0.3) is 0 Å². The third-order valence-electron chi connectivity index (χ3n) is 3.07. The van der Waals surface area contributed by atoms with Crippen molar-refractivity contribution in [3.63, 3.8) is 0 Å². The maximum atomic E-state index is 11.6. The smallest absolute Gasteiger partial charge is 0.337 e. The molecule has 0 radical (unpaired) electrons. The first-order valence-electron chi connectivity index (χ1n) is 6.64. The molecule has 0 spiro atoms. The molecule has 2 aromatic rings. The van der Waals surface area contributed by atoms with Gasteiger partial charge in [0, 0.05) is 11.8 Å². The molecule has 0 atom stereocenters. The van der Waals surface area contributed by atoms with Crippen molar-refractivity contribution >= 4 is 27.3 Å². The summed E-state index contributed by atoms with van der Waals surface area (Å²) in [5.74, 6) is -0.322. The highest BCUT2D eigenvalue weighted by Gasteiger charge is 2.10. The van der Waals surface area contributed by atoms with Gasteiger partial charge in [0.05, 0.1) is 23.3 Å². The molecule has 0 bridgehead atoms. The van der Waals surface area contributed by atoms with Gasteiger partial charge in [-0.05, 0) is 30.3 Å². The van der Waals surface area contributed by atoms with E-state index in [2.05, 4.69) is 9.73 Å². The molecule has 2 rings (SSSR count). The first kappa shape index (κ1) is 16.7. The van der Waals surface area contributed by atoms with Gasteiger partial charge >= 0.3 is 5.97 Å². The first-order valence-corrected chi connectivity index (χ1v) is 8.53. The van der Waals surface area contributed by atoms with Crippen molar-refractivity contribution in [3.8, 4) is 0 Å². The average Bonchev–Trinajstić information content (AvgIpc) is 2.53. The number of benzene rings is 2. The predicted molar refractivity (Wildman–Crippen MR) is 87.7 cm³/mol. The van der Waals surface area contributed by atoms with Crippen LogP contribution >= 0.6 is 0 Å². The highest BCUT2D eigenvalue weighted by atomic mass is 32.2. The van der Waals surface area contributed by atoms with Crippen LogP contribution in [0.1, 0.15) is 15.9 Å². The highest BCUT2D eigenvalue weighted by Crippen LogP contribution is 2.17. The normalized spacial score (nSPS) is 12.0. The van der Waals surface area contributed by atoms with Gasteiger partial charge in [0.1, 0.15) is 5.84 Å². The van der Waals surface area contributed by atoms with Crippen LogP contribution < -0.4 is 5.73 Å². The lowest BCUT2D eigenvalue weighted by Gasteiger charge is -2.05. The molecule has 0 amide bonds. The van der Waals surface area contributed by atoms with Crippen molar-refractivity contribution in [2.24, 2.45) is 10.7 Å². The second kappa shape index (κ2) is 6.62. The Bertz CT molecular complexity index is 873. The molecule has 0 fully saturated rings. The summed E-state index contributed by atoms with van der Waals surface area (Å²) in [6, 6.07) is 12.7. The minimum atomic E-state index is -3.32. The van der Waals surface area contributed by atoms with Crippen molar-refractivity contribution < 1.29 is 17.9 Å².